The first-order valence-corrected chi connectivity index (χ1v) is 12.4. The van der Waals surface area contributed by atoms with Crippen LogP contribution in [0.4, 0.5) is 5.69 Å². The summed E-state index contributed by atoms with van der Waals surface area (Å²) in [5, 5.41) is 1.95. The maximum absolute atomic E-state index is 13.2. The van der Waals surface area contributed by atoms with Crippen LogP contribution in [0.3, 0.4) is 0 Å². The second kappa shape index (κ2) is 10.5. The van der Waals surface area contributed by atoms with E-state index < -0.39 is 0 Å². The number of benzene rings is 2. The maximum Gasteiger partial charge on any atom is 0.222 e. The van der Waals surface area contributed by atoms with Crippen molar-refractivity contribution in [2.75, 3.05) is 24.5 Å². The van der Waals surface area contributed by atoms with E-state index in [0.717, 1.165) is 17.8 Å². The van der Waals surface area contributed by atoms with Crippen molar-refractivity contribution < 1.29 is 4.79 Å². The third-order valence-corrected chi connectivity index (χ3v) is 7.43. The van der Waals surface area contributed by atoms with Crippen molar-refractivity contribution in [1.82, 2.24) is 4.90 Å². The van der Waals surface area contributed by atoms with Crippen molar-refractivity contribution in [3.8, 4) is 0 Å². The molecule has 2 aromatic carbocycles. The van der Waals surface area contributed by atoms with Crippen LogP contribution in [0.25, 0.3) is 0 Å². The first kappa shape index (κ1) is 22.8. The molecular formula is C25H29Cl3N2O. The fourth-order valence-electron chi connectivity index (χ4n) is 4.93. The van der Waals surface area contributed by atoms with Gasteiger partial charge in [-0.05, 0) is 54.7 Å². The number of rotatable bonds is 4. The first-order chi connectivity index (χ1) is 15.0. The lowest BCUT2D eigenvalue weighted by Gasteiger charge is -2.43. The molecule has 0 aromatic heterocycles. The highest BCUT2D eigenvalue weighted by atomic mass is 35.5. The average molecular weight is 480 g/mol. The normalized spacial score (nSPS) is 20.5. The molecule has 1 unspecified atom stereocenters. The Morgan fingerprint density at radius 1 is 0.871 bits per heavy atom. The Balaban J connectivity index is 1.55. The number of piperazine rings is 1. The molecule has 1 aliphatic heterocycles. The molecule has 1 atom stereocenters. The van der Waals surface area contributed by atoms with Gasteiger partial charge in [-0.2, -0.15) is 0 Å². The van der Waals surface area contributed by atoms with E-state index in [1.165, 1.54) is 38.5 Å². The van der Waals surface area contributed by atoms with Crippen LogP contribution >= 0.6 is 34.8 Å². The fraction of sp³-hybridized carbons (Fsp3) is 0.480. The highest BCUT2D eigenvalue weighted by Crippen LogP contribution is 2.37. The van der Waals surface area contributed by atoms with E-state index in [0.29, 0.717) is 40.5 Å². The summed E-state index contributed by atoms with van der Waals surface area (Å²) in [4.78, 5) is 17.5. The SMILES string of the molecule is O=C(CC1CCCCCC1)N1CCN(c2ccc(Cl)cc2Cl)C(c2ccc(Cl)cc2)C1. The molecule has 166 valence electrons. The Morgan fingerprint density at radius 3 is 2.23 bits per heavy atom. The van der Waals surface area contributed by atoms with Crippen LogP contribution in [0.15, 0.2) is 42.5 Å². The van der Waals surface area contributed by atoms with E-state index in [-0.39, 0.29) is 11.9 Å². The number of carbonyl (C=O) groups excluding carboxylic acids is 1. The minimum absolute atomic E-state index is 0.0165. The van der Waals surface area contributed by atoms with Gasteiger partial charge in [0.25, 0.3) is 0 Å². The first-order valence-electron chi connectivity index (χ1n) is 11.3. The van der Waals surface area contributed by atoms with Gasteiger partial charge < -0.3 is 9.80 Å². The second-order valence-corrected chi connectivity index (χ2v) is 10.0. The molecule has 1 amide bonds. The lowest BCUT2D eigenvalue weighted by Crippen LogP contribution is -2.51. The molecule has 2 aliphatic rings. The molecule has 1 heterocycles. The van der Waals surface area contributed by atoms with Gasteiger partial charge in [-0.25, -0.2) is 0 Å². The number of anilines is 1. The van der Waals surface area contributed by atoms with Gasteiger partial charge >= 0.3 is 0 Å². The van der Waals surface area contributed by atoms with Crippen molar-refractivity contribution in [1.29, 1.82) is 0 Å². The Labute approximate surface area is 200 Å². The second-order valence-electron chi connectivity index (χ2n) is 8.76. The topological polar surface area (TPSA) is 23.6 Å². The van der Waals surface area contributed by atoms with Crippen LogP contribution in [0.2, 0.25) is 15.1 Å². The zero-order valence-electron chi connectivity index (χ0n) is 17.7. The molecule has 1 aliphatic carbocycles. The van der Waals surface area contributed by atoms with Gasteiger partial charge in [-0.15, -0.1) is 0 Å². The van der Waals surface area contributed by atoms with Gasteiger partial charge in [-0.3, -0.25) is 4.79 Å². The van der Waals surface area contributed by atoms with E-state index in [2.05, 4.69) is 4.90 Å². The summed E-state index contributed by atoms with van der Waals surface area (Å²) in [6.07, 6.45) is 8.19. The van der Waals surface area contributed by atoms with Crippen LogP contribution in [-0.2, 0) is 4.79 Å². The quantitative estimate of drug-likeness (QED) is 0.427. The fourth-order valence-corrected chi connectivity index (χ4v) is 5.57. The molecule has 0 radical (unpaired) electrons. The van der Waals surface area contributed by atoms with Gasteiger partial charge in [0.2, 0.25) is 5.91 Å². The minimum atomic E-state index is 0.0165. The van der Waals surface area contributed by atoms with Gasteiger partial charge in [0.05, 0.1) is 16.8 Å². The lowest BCUT2D eigenvalue weighted by atomic mass is 9.95. The zero-order chi connectivity index (χ0) is 21.8. The van der Waals surface area contributed by atoms with E-state index in [1.54, 1.807) is 6.07 Å². The summed E-state index contributed by atoms with van der Waals surface area (Å²) < 4.78 is 0. The van der Waals surface area contributed by atoms with Crippen molar-refractivity contribution in [2.24, 2.45) is 5.92 Å². The Hall–Kier alpha value is -1.42. The smallest absolute Gasteiger partial charge is 0.222 e. The Morgan fingerprint density at radius 2 is 1.55 bits per heavy atom. The number of carbonyl (C=O) groups is 1. The molecule has 2 fully saturated rings. The molecule has 2 aromatic rings. The molecule has 0 N–H and O–H groups in total. The Bertz CT molecular complexity index is 894. The number of hydrogen-bond donors (Lipinski definition) is 0. The summed E-state index contributed by atoms with van der Waals surface area (Å²) in [5.74, 6) is 0.820. The highest BCUT2D eigenvalue weighted by molar-refractivity contribution is 6.36. The van der Waals surface area contributed by atoms with Crippen molar-refractivity contribution >= 4 is 46.4 Å². The highest BCUT2D eigenvalue weighted by Gasteiger charge is 2.32. The van der Waals surface area contributed by atoms with Gasteiger partial charge in [0.1, 0.15) is 0 Å². The van der Waals surface area contributed by atoms with Gasteiger partial charge in [0.15, 0.2) is 0 Å². The van der Waals surface area contributed by atoms with Crippen molar-refractivity contribution in [2.45, 2.75) is 51.0 Å². The molecule has 31 heavy (non-hydrogen) atoms. The Kier molecular flexibility index (Phi) is 7.68. The molecule has 6 heteroatoms. The summed E-state index contributed by atoms with van der Waals surface area (Å²) in [6, 6.07) is 13.5. The van der Waals surface area contributed by atoms with E-state index in [4.69, 9.17) is 34.8 Å². The van der Waals surface area contributed by atoms with Crippen LogP contribution in [-0.4, -0.2) is 30.4 Å². The predicted molar refractivity (Wildman–Crippen MR) is 130 cm³/mol. The van der Waals surface area contributed by atoms with Gasteiger partial charge in [0, 0.05) is 36.1 Å². The summed E-state index contributed by atoms with van der Waals surface area (Å²) in [5.41, 5.74) is 2.07. The average Bonchev–Trinajstić information content (AvgIpc) is 3.03. The zero-order valence-corrected chi connectivity index (χ0v) is 20.0. The third-order valence-electron chi connectivity index (χ3n) is 6.65. The molecule has 0 spiro atoms. The molecule has 3 nitrogen and oxygen atoms in total. The predicted octanol–water partition coefficient (Wildman–Crippen LogP) is 7.40. The number of hydrogen-bond acceptors (Lipinski definition) is 2. The number of nitrogens with zero attached hydrogens (tertiary/aromatic N) is 2. The largest absolute Gasteiger partial charge is 0.360 e. The number of amides is 1. The summed E-state index contributed by atoms with van der Waals surface area (Å²) in [7, 11) is 0. The van der Waals surface area contributed by atoms with E-state index in [1.807, 2.05) is 41.3 Å². The van der Waals surface area contributed by atoms with Gasteiger partial charge in [-0.1, -0.05) is 72.6 Å². The van der Waals surface area contributed by atoms with Crippen LogP contribution in [0.1, 0.15) is 56.6 Å². The molecule has 1 saturated carbocycles. The summed E-state index contributed by atoms with van der Waals surface area (Å²) >= 11 is 18.8. The molecule has 1 saturated heterocycles. The van der Waals surface area contributed by atoms with Crippen LogP contribution < -0.4 is 4.90 Å². The molecule has 0 bridgehead atoms. The molecule has 4 rings (SSSR count). The van der Waals surface area contributed by atoms with Crippen LogP contribution in [0.5, 0.6) is 0 Å². The third kappa shape index (κ3) is 5.69. The lowest BCUT2D eigenvalue weighted by molar-refractivity contribution is -0.133. The standard InChI is InChI=1S/C25H29Cl3N2O/c26-20-9-7-19(8-10-20)24-17-29(25(31)15-18-5-3-1-2-4-6-18)13-14-30(24)23-12-11-21(27)16-22(23)28/h7-12,16,18,24H,1-6,13-15,17H2. The van der Waals surface area contributed by atoms with Crippen molar-refractivity contribution in [3.05, 3.63) is 63.1 Å². The minimum Gasteiger partial charge on any atom is -0.360 e. The summed E-state index contributed by atoms with van der Waals surface area (Å²) in [6.45, 7) is 2.08. The van der Waals surface area contributed by atoms with Crippen molar-refractivity contribution in [3.63, 3.8) is 0 Å². The van der Waals surface area contributed by atoms with E-state index >= 15 is 0 Å². The molecular weight excluding hydrogens is 451 g/mol. The maximum atomic E-state index is 13.2. The van der Waals surface area contributed by atoms with E-state index in [9.17, 15) is 4.79 Å². The number of halogens is 3. The van der Waals surface area contributed by atoms with Crippen LogP contribution in [0, 0.1) is 5.92 Å². The monoisotopic (exact) mass is 478 g/mol.